The van der Waals surface area contributed by atoms with Crippen LogP contribution in [0, 0.1) is 6.92 Å². The summed E-state index contributed by atoms with van der Waals surface area (Å²) in [6, 6.07) is 0. The van der Waals surface area contributed by atoms with Crippen molar-refractivity contribution in [2.24, 2.45) is 0 Å². The number of aryl methyl sites for hydroxylation is 2. The van der Waals surface area contributed by atoms with E-state index < -0.39 is 0 Å². The lowest BCUT2D eigenvalue weighted by Crippen LogP contribution is -2.48. The van der Waals surface area contributed by atoms with E-state index >= 15 is 0 Å². The van der Waals surface area contributed by atoms with Crippen molar-refractivity contribution in [3.8, 4) is 0 Å². The predicted octanol–water partition coefficient (Wildman–Crippen LogP) is 1.42. The average molecular weight is 293 g/mol. The molecule has 1 fully saturated rings. The minimum Gasteiger partial charge on any atom is -0.339 e. The van der Waals surface area contributed by atoms with Crippen molar-refractivity contribution in [3.63, 3.8) is 0 Å². The molecule has 0 N–H and O–H groups in total. The first-order valence-electron chi connectivity index (χ1n) is 6.59. The standard InChI is InChI=1S/C12H15N5O2S/c1-3-4-9-10(20-16-14-9)12(18)17-5-8(6-17)11-13-7(2)15-19-11/h8H,3-6H2,1-2H3. The Morgan fingerprint density at radius 3 is 2.95 bits per heavy atom. The molecular weight excluding hydrogens is 278 g/mol. The van der Waals surface area contributed by atoms with Gasteiger partial charge in [-0.3, -0.25) is 4.79 Å². The zero-order valence-corrected chi connectivity index (χ0v) is 12.2. The number of rotatable bonds is 4. The number of hydrogen-bond acceptors (Lipinski definition) is 7. The topological polar surface area (TPSA) is 85.0 Å². The third-order valence-electron chi connectivity index (χ3n) is 3.30. The Hall–Kier alpha value is -1.83. The molecule has 1 amide bonds. The molecule has 106 valence electrons. The Balaban J connectivity index is 1.64. The van der Waals surface area contributed by atoms with Crippen LogP contribution in [0.2, 0.25) is 0 Å². The lowest BCUT2D eigenvalue weighted by Gasteiger charge is -2.36. The van der Waals surface area contributed by atoms with Crippen LogP contribution < -0.4 is 0 Å². The zero-order chi connectivity index (χ0) is 14.1. The molecule has 2 aromatic rings. The molecule has 0 bridgehead atoms. The highest BCUT2D eigenvalue weighted by Crippen LogP contribution is 2.28. The Kier molecular flexibility index (Phi) is 3.47. The fourth-order valence-electron chi connectivity index (χ4n) is 2.19. The van der Waals surface area contributed by atoms with Gasteiger partial charge in [0, 0.05) is 13.1 Å². The van der Waals surface area contributed by atoms with Crippen molar-refractivity contribution < 1.29 is 9.32 Å². The van der Waals surface area contributed by atoms with Crippen LogP contribution in [0.4, 0.5) is 0 Å². The number of hydrogen-bond donors (Lipinski definition) is 0. The lowest BCUT2D eigenvalue weighted by molar-refractivity contribution is 0.0573. The van der Waals surface area contributed by atoms with Gasteiger partial charge in [-0.05, 0) is 24.9 Å². The summed E-state index contributed by atoms with van der Waals surface area (Å²) in [5, 5.41) is 7.80. The van der Waals surface area contributed by atoms with Crippen molar-refractivity contribution in [1.82, 2.24) is 24.6 Å². The van der Waals surface area contributed by atoms with Gasteiger partial charge in [-0.25, -0.2) is 0 Å². The molecule has 1 aliphatic heterocycles. The zero-order valence-electron chi connectivity index (χ0n) is 11.4. The van der Waals surface area contributed by atoms with Gasteiger partial charge in [0.15, 0.2) is 5.82 Å². The SMILES string of the molecule is CCCc1nnsc1C(=O)N1CC(c2nc(C)no2)C1. The second-order valence-electron chi connectivity index (χ2n) is 4.89. The van der Waals surface area contributed by atoms with E-state index in [1.54, 1.807) is 11.8 Å². The number of carbonyl (C=O) groups excluding carboxylic acids is 1. The van der Waals surface area contributed by atoms with Gasteiger partial charge < -0.3 is 9.42 Å². The van der Waals surface area contributed by atoms with Crippen LogP contribution in [0.5, 0.6) is 0 Å². The molecule has 1 saturated heterocycles. The highest BCUT2D eigenvalue weighted by atomic mass is 32.1. The molecule has 20 heavy (non-hydrogen) atoms. The van der Waals surface area contributed by atoms with Crippen LogP contribution >= 0.6 is 11.5 Å². The molecule has 0 aliphatic carbocycles. The molecule has 0 unspecified atom stereocenters. The van der Waals surface area contributed by atoms with Crippen LogP contribution in [0.3, 0.4) is 0 Å². The second kappa shape index (κ2) is 5.28. The Morgan fingerprint density at radius 2 is 2.30 bits per heavy atom. The van der Waals surface area contributed by atoms with Crippen LogP contribution in [0.25, 0.3) is 0 Å². The number of aromatic nitrogens is 4. The minimum atomic E-state index is 0.0101. The maximum absolute atomic E-state index is 12.4. The molecular formula is C12H15N5O2S. The summed E-state index contributed by atoms with van der Waals surface area (Å²) in [5.41, 5.74) is 0.805. The number of likely N-dealkylation sites (tertiary alicyclic amines) is 1. The van der Waals surface area contributed by atoms with Gasteiger partial charge in [0.25, 0.3) is 5.91 Å². The highest BCUT2D eigenvalue weighted by Gasteiger charge is 2.37. The summed E-state index contributed by atoms with van der Waals surface area (Å²) in [7, 11) is 0. The molecule has 1 aliphatic rings. The van der Waals surface area contributed by atoms with E-state index in [0.29, 0.717) is 29.7 Å². The third-order valence-corrected chi connectivity index (χ3v) is 4.05. The third kappa shape index (κ3) is 2.31. The number of amides is 1. The van der Waals surface area contributed by atoms with Gasteiger partial charge in [-0.2, -0.15) is 4.98 Å². The number of nitrogens with zero attached hydrogens (tertiary/aromatic N) is 5. The summed E-state index contributed by atoms with van der Waals surface area (Å²) in [6.07, 6.45) is 1.74. The van der Waals surface area contributed by atoms with Crippen LogP contribution in [0.1, 0.15) is 46.3 Å². The minimum absolute atomic E-state index is 0.0101. The maximum Gasteiger partial charge on any atom is 0.267 e. The monoisotopic (exact) mass is 293 g/mol. The van der Waals surface area contributed by atoms with Crippen LogP contribution in [-0.4, -0.2) is 43.6 Å². The lowest BCUT2D eigenvalue weighted by atomic mass is 9.99. The van der Waals surface area contributed by atoms with Crippen LogP contribution in [0.15, 0.2) is 4.52 Å². The summed E-state index contributed by atoms with van der Waals surface area (Å²) < 4.78 is 9.01. The van der Waals surface area contributed by atoms with E-state index in [1.165, 1.54) is 11.5 Å². The Bertz CT molecular complexity index is 617. The largest absolute Gasteiger partial charge is 0.339 e. The van der Waals surface area contributed by atoms with Crippen molar-refractivity contribution >= 4 is 17.4 Å². The first-order chi connectivity index (χ1) is 9.69. The van der Waals surface area contributed by atoms with Gasteiger partial charge >= 0.3 is 0 Å². The second-order valence-corrected chi connectivity index (χ2v) is 5.64. The molecule has 2 aromatic heterocycles. The maximum atomic E-state index is 12.4. The van der Waals surface area contributed by atoms with E-state index in [2.05, 4.69) is 26.7 Å². The number of carbonyl (C=O) groups is 1. The summed E-state index contributed by atoms with van der Waals surface area (Å²) >= 11 is 1.17. The molecule has 3 rings (SSSR count). The molecule has 3 heterocycles. The fraction of sp³-hybridized carbons (Fsp3) is 0.583. The van der Waals surface area contributed by atoms with Crippen molar-refractivity contribution in [2.45, 2.75) is 32.6 Å². The summed E-state index contributed by atoms with van der Waals surface area (Å²) in [4.78, 5) is 19.0. The van der Waals surface area contributed by atoms with Gasteiger partial charge in [0.2, 0.25) is 5.89 Å². The van der Waals surface area contributed by atoms with E-state index in [4.69, 9.17) is 4.52 Å². The molecule has 0 saturated carbocycles. The smallest absolute Gasteiger partial charge is 0.267 e. The Labute approximate surface area is 120 Å². The molecule has 0 aromatic carbocycles. The summed E-state index contributed by atoms with van der Waals surface area (Å²) in [6.45, 7) is 5.08. The van der Waals surface area contributed by atoms with Crippen molar-refractivity contribution in [2.75, 3.05) is 13.1 Å². The van der Waals surface area contributed by atoms with Gasteiger partial charge in [0.05, 0.1) is 11.6 Å². The molecule has 0 radical (unpaired) electrons. The first-order valence-corrected chi connectivity index (χ1v) is 7.37. The predicted molar refractivity (Wildman–Crippen MR) is 71.6 cm³/mol. The van der Waals surface area contributed by atoms with Crippen molar-refractivity contribution in [3.05, 3.63) is 22.3 Å². The molecule has 0 spiro atoms. The van der Waals surface area contributed by atoms with E-state index in [0.717, 1.165) is 18.5 Å². The Morgan fingerprint density at radius 1 is 1.50 bits per heavy atom. The van der Waals surface area contributed by atoms with E-state index in [1.807, 2.05) is 0 Å². The molecule has 0 atom stereocenters. The molecule has 8 heteroatoms. The van der Waals surface area contributed by atoms with E-state index in [-0.39, 0.29) is 11.8 Å². The molecule has 7 nitrogen and oxygen atoms in total. The fourth-order valence-corrected chi connectivity index (χ4v) is 2.87. The van der Waals surface area contributed by atoms with Crippen molar-refractivity contribution in [1.29, 1.82) is 0 Å². The van der Waals surface area contributed by atoms with Crippen LogP contribution in [-0.2, 0) is 6.42 Å². The van der Waals surface area contributed by atoms with E-state index in [9.17, 15) is 4.79 Å². The highest BCUT2D eigenvalue weighted by molar-refractivity contribution is 7.08. The first kappa shape index (κ1) is 13.2. The summed E-state index contributed by atoms with van der Waals surface area (Å²) in [5.74, 6) is 1.40. The average Bonchev–Trinajstić information content (AvgIpc) is 2.97. The van der Waals surface area contributed by atoms with Gasteiger partial charge in [0.1, 0.15) is 4.88 Å². The normalized spacial score (nSPS) is 15.4. The van der Waals surface area contributed by atoms with Gasteiger partial charge in [-0.1, -0.05) is 23.0 Å². The van der Waals surface area contributed by atoms with Gasteiger partial charge in [-0.15, -0.1) is 5.10 Å². The quantitative estimate of drug-likeness (QED) is 0.847.